The van der Waals surface area contributed by atoms with Crippen molar-refractivity contribution in [1.29, 1.82) is 0 Å². The van der Waals surface area contributed by atoms with Crippen molar-refractivity contribution in [2.75, 3.05) is 6.54 Å². The molecule has 4 nitrogen and oxygen atoms in total. The number of rotatable bonds is 11. The number of carbonyl (C=O) groups is 2. The topological polar surface area (TPSA) is 72.2 Å². The molecule has 0 aliphatic carbocycles. The number of hydrogen-bond acceptors (Lipinski definition) is 2. The van der Waals surface area contributed by atoms with E-state index in [4.69, 9.17) is 5.73 Å². The molecule has 0 aromatic heterocycles. The molecule has 0 aromatic rings. The van der Waals surface area contributed by atoms with E-state index in [0.29, 0.717) is 13.0 Å². The Morgan fingerprint density at radius 2 is 1.67 bits per heavy atom. The van der Waals surface area contributed by atoms with Crippen molar-refractivity contribution < 1.29 is 9.59 Å². The first-order chi connectivity index (χ1) is 8.61. The molecule has 0 aliphatic rings. The summed E-state index contributed by atoms with van der Waals surface area (Å²) in [5, 5.41) is 2.99. The minimum atomic E-state index is -0.245. The van der Waals surface area contributed by atoms with Crippen molar-refractivity contribution in [3.63, 3.8) is 0 Å². The highest BCUT2D eigenvalue weighted by atomic mass is 16.2. The van der Waals surface area contributed by atoms with Crippen molar-refractivity contribution in [2.45, 2.75) is 65.2 Å². The molecule has 3 N–H and O–H groups in total. The first-order valence-electron chi connectivity index (χ1n) is 7.17. The first-order valence-corrected chi connectivity index (χ1v) is 7.17. The van der Waals surface area contributed by atoms with Crippen LogP contribution in [0.2, 0.25) is 0 Å². The van der Waals surface area contributed by atoms with Crippen LogP contribution in [0, 0.1) is 5.92 Å². The van der Waals surface area contributed by atoms with E-state index in [1.165, 1.54) is 0 Å². The summed E-state index contributed by atoms with van der Waals surface area (Å²) in [7, 11) is 0. The van der Waals surface area contributed by atoms with Gasteiger partial charge in [-0.15, -0.1) is 0 Å². The van der Waals surface area contributed by atoms with Crippen LogP contribution in [0.5, 0.6) is 0 Å². The zero-order chi connectivity index (χ0) is 13.8. The van der Waals surface area contributed by atoms with Crippen molar-refractivity contribution >= 4 is 11.8 Å². The van der Waals surface area contributed by atoms with Crippen LogP contribution >= 0.6 is 0 Å². The van der Waals surface area contributed by atoms with Gasteiger partial charge in [0.25, 0.3) is 0 Å². The van der Waals surface area contributed by atoms with Gasteiger partial charge in [-0.1, -0.05) is 33.1 Å². The zero-order valence-electron chi connectivity index (χ0n) is 11.8. The maximum Gasteiger partial charge on any atom is 0.223 e. The Hall–Kier alpha value is -1.06. The van der Waals surface area contributed by atoms with Crippen molar-refractivity contribution in [2.24, 2.45) is 11.7 Å². The second kappa shape index (κ2) is 11.1. The summed E-state index contributed by atoms with van der Waals surface area (Å²) in [5.41, 5.74) is 5.05. The quantitative estimate of drug-likeness (QED) is 0.557. The third kappa shape index (κ3) is 9.02. The van der Waals surface area contributed by atoms with Gasteiger partial charge in [-0.2, -0.15) is 0 Å². The number of primary amides is 1. The highest BCUT2D eigenvalue weighted by molar-refractivity contribution is 5.78. The standard InChI is InChI=1S/C14H28N2O2/c1-3-8-12(9-4-2)14(18)16-11-7-5-6-10-13(15)17/h12H,3-11H2,1-2H3,(H2,15,17)(H,16,18). The molecule has 0 aliphatic heterocycles. The summed E-state index contributed by atoms with van der Waals surface area (Å²) >= 11 is 0. The molecule has 2 amide bonds. The number of carbonyl (C=O) groups excluding carboxylic acids is 2. The predicted octanol–water partition coefficient (Wildman–Crippen LogP) is 2.36. The van der Waals surface area contributed by atoms with Crippen LogP contribution < -0.4 is 11.1 Å². The Balaban J connectivity index is 3.63. The van der Waals surface area contributed by atoms with Crippen molar-refractivity contribution in [1.82, 2.24) is 5.32 Å². The normalized spacial score (nSPS) is 10.6. The number of unbranched alkanes of at least 4 members (excludes halogenated alkanes) is 2. The van der Waals surface area contributed by atoms with E-state index in [1.54, 1.807) is 0 Å². The lowest BCUT2D eigenvalue weighted by Crippen LogP contribution is -2.31. The maximum atomic E-state index is 11.9. The van der Waals surface area contributed by atoms with Gasteiger partial charge in [-0.25, -0.2) is 0 Å². The van der Waals surface area contributed by atoms with E-state index in [9.17, 15) is 9.59 Å². The van der Waals surface area contributed by atoms with Crippen LogP contribution in [0.4, 0.5) is 0 Å². The highest BCUT2D eigenvalue weighted by Crippen LogP contribution is 2.13. The minimum Gasteiger partial charge on any atom is -0.370 e. The third-order valence-electron chi connectivity index (χ3n) is 3.04. The Bertz CT molecular complexity index is 236. The smallest absolute Gasteiger partial charge is 0.223 e. The monoisotopic (exact) mass is 256 g/mol. The van der Waals surface area contributed by atoms with Gasteiger partial charge in [0.15, 0.2) is 0 Å². The summed E-state index contributed by atoms with van der Waals surface area (Å²) < 4.78 is 0. The van der Waals surface area contributed by atoms with Crippen molar-refractivity contribution in [3.05, 3.63) is 0 Å². The second-order valence-corrected chi connectivity index (χ2v) is 4.84. The number of nitrogens with two attached hydrogens (primary N) is 1. The summed E-state index contributed by atoms with van der Waals surface area (Å²) in [6.07, 6.45) is 7.18. The van der Waals surface area contributed by atoms with Gasteiger partial charge in [0.1, 0.15) is 0 Å². The number of amides is 2. The first kappa shape index (κ1) is 16.9. The summed E-state index contributed by atoms with van der Waals surface area (Å²) in [5.74, 6) is 0.115. The molecular formula is C14H28N2O2. The fourth-order valence-electron chi connectivity index (χ4n) is 2.06. The van der Waals surface area contributed by atoms with Crippen LogP contribution in [-0.4, -0.2) is 18.4 Å². The molecule has 0 bridgehead atoms. The van der Waals surface area contributed by atoms with E-state index in [1.807, 2.05) is 0 Å². The van der Waals surface area contributed by atoms with E-state index >= 15 is 0 Å². The van der Waals surface area contributed by atoms with Gasteiger partial charge in [-0.3, -0.25) is 9.59 Å². The van der Waals surface area contributed by atoms with Gasteiger partial charge in [-0.05, 0) is 25.7 Å². The molecule has 0 rings (SSSR count). The molecule has 18 heavy (non-hydrogen) atoms. The largest absolute Gasteiger partial charge is 0.370 e. The SMILES string of the molecule is CCCC(CCC)C(=O)NCCCCCC(N)=O. The highest BCUT2D eigenvalue weighted by Gasteiger charge is 2.15. The lowest BCUT2D eigenvalue weighted by Gasteiger charge is -2.15. The molecule has 0 aromatic carbocycles. The molecule has 4 heteroatoms. The Labute approximate surface area is 111 Å². The average Bonchev–Trinajstić information content (AvgIpc) is 2.32. The minimum absolute atomic E-state index is 0.172. The molecule has 0 saturated carbocycles. The maximum absolute atomic E-state index is 11.9. The van der Waals surface area contributed by atoms with Gasteiger partial charge in [0.2, 0.25) is 11.8 Å². The Morgan fingerprint density at radius 1 is 1.06 bits per heavy atom. The molecule has 0 unspecified atom stereocenters. The summed E-state index contributed by atoms with van der Waals surface area (Å²) in [6.45, 7) is 4.93. The molecule has 0 fully saturated rings. The lowest BCUT2D eigenvalue weighted by molar-refractivity contribution is -0.125. The van der Waals surface area contributed by atoms with E-state index in [-0.39, 0.29) is 17.7 Å². The van der Waals surface area contributed by atoms with Gasteiger partial charge in [0, 0.05) is 18.9 Å². The van der Waals surface area contributed by atoms with Crippen LogP contribution in [0.3, 0.4) is 0 Å². The lowest BCUT2D eigenvalue weighted by atomic mass is 9.97. The summed E-state index contributed by atoms with van der Waals surface area (Å²) in [4.78, 5) is 22.4. The molecular weight excluding hydrogens is 228 g/mol. The summed E-state index contributed by atoms with van der Waals surface area (Å²) in [6, 6.07) is 0. The molecule has 0 heterocycles. The van der Waals surface area contributed by atoms with E-state index in [0.717, 1.165) is 44.9 Å². The van der Waals surface area contributed by atoms with Crippen LogP contribution in [0.1, 0.15) is 65.2 Å². The van der Waals surface area contributed by atoms with E-state index in [2.05, 4.69) is 19.2 Å². The van der Waals surface area contributed by atoms with Gasteiger partial charge in [0.05, 0.1) is 0 Å². The third-order valence-corrected chi connectivity index (χ3v) is 3.04. The fourth-order valence-corrected chi connectivity index (χ4v) is 2.06. The van der Waals surface area contributed by atoms with Crippen LogP contribution in [-0.2, 0) is 9.59 Å². The van der Waals surface area contributed by atoms with Crippen LogP contribution in [0.15, 0.2) is 0 Å². The van der Waals surface area contributed by atoms with Gasteiger partial charge < -0.3 is 11.1 Å². The van der Waals surface area contributed by atoms with Gasteiger partial charge >= 0.3 is 0 Å². The molecule has 0 saturated heterocycles. The van der Waals surface area contributed by atoms with E-state index < -0.39 is 0 Å². The molecule has 0 radical (unpaired) electrons. The number of nitrogens with one attached hydrogen (secondary N) is 1. The Morgan fingerprint density at radius 3 is 2.17 bits per heavy atom. The second-order valence-electron chi connectivity index (χ2n) is 4.84. The molecule has 0 atom stereocenters. The molecule has 0 spiro atoms. The average molecular weight is 256 g/mol. The zero-order valence-corrected chi connectivity index (χ0v) is 11.8. The predicted molar refractivity (Wildman–Crippen MR) is 74.0 cm³/mol. The number of hydrogen-bond donors (Lipinski definition) is 2. The molecule has 106 valence electrons. The van der Waals surface area contributed by atoms with Crippen molar-refractivity contribution in [3.8, 4) is 0 Å². The van der Waals surface area contributed by atoms with Crippen LogP contribution in [0.25, 0.3) is 0 Å². The fraction of sp³-hybridized carbons (Fsp3) is 0.857. The Kier molecular flexibility index (Phi) is 10.4.